The molecule has 2 atom stereocenters. The van der Waals surface area contributed by atoms with E-state index in [1.807, 2.05) is 38.1 Å². The van der Waals surface area contributed by atoms with Gasteiger partial charge in [0.05, 0.1) is 16.6 Å². The third-order valence-electron chi connectivity index (χ3n) is 6.49. The van der Waals surface area contributed by atoms with Crippen molar-refractivity contribution in [3.8, 4) is 28.1 Å². The lowest BCUT2D eigenvalue weighted by molar-refractivity contribution is -0.129. The topological polar surface area (TPSA) is 144 Å². The fourth-order valence-corrected chi connectivity index (χ4v) is 5.79. The summed E-state index contributed by atoms with van der Waals surface area (Å²) < 4.78 is 8.04. The van der Waals surface area contributed by atoms with Crippen LogP contribution in [-0.4, -0.2) is 55.5 Å². The molecule has 5 rings (SSSR count). The van der Waals surface area contributed by atoms with Crippen LogP contribution in [0.5, 0.6) is 5.75 Å². The molecule has 0 bridgehead atoms. The molecule has 11 nitrogen and oxygen atoms in total. The van der Waals surface area contributed by atoms with Gasteiger partial charge in [-0.3, -0.25) is 4.79 Å². The first kappa shape index (κ1) is 25.0. The third-order valence-corrected chi connectivity index (χ3v) is 7.95. The minimum Gasteiger partial charge on any atom is -0.478 e. The number of aromatic nitrogens is 6. The zero-order chi connectivity index (χ0) is 26.2. The Bertz CT molecular complexity index is 1530. The van der Waals surface area contributed by atoms with Gasteiger partial charge in [0.25, 0.3) is 0 Å². The number of aryl methyl sites for hydroxylation is 1. The molecule has 1 fully saturated rings. The number of rotatable bonds is 7. The van der Waals surface area contributed by atoms with Crippen LogP contribution in [0.3, 0.4) is 0 Å². The number of carbonyl (C=O) groups is 1. The molecule has 0 aliphatic heterocycles. The van der Waals surface area contributed by atoms with Crippen LogP contribution in [0.2, 0.25) is 0 Å². The van der Waals surface area contributed by atoms with E-state index in [0.717, 1.165) is 28.8 Å². The Hall–Kier alpha value is -3.63. The molecule has 3 aromatic heterocycles. The van der Waals surface area contributed by atoms with E-state index < -0.39 is 5.41 Å². The van der Waals surface area contributed by atoms with E-state index in [4.69, 9.17) is 15.0 Å². The van der Waals surface area contributed by atoms with Gasteiger partial charge in [-0.05, 0) is 54.2 Å². The fourth-order valence-electron chi connectivity index (χ4n) is 4.63. The summed E-state index contributed by atoms with van der Waals surface area (Å²) in [5.74, 6) is 1.02. The van der Waals surface area contributed by atoms with Crippen LogP contribution in [0, 0.1) is 23.7 Å². The zero-order valence-electron chi connectivity index (χ0n) is 20.4. The molecule has 4 aromatic rings. The van der Waals surface area contributed by atoms with Gasteiger partial charge < -0.3 is 15.4 Å². The maximum absolute atomic E-state index is 12.3. The molecule has 2 N–H and O–H groups in total. The summed E-state index contributed by atoms with van der Waals surface area (Å²) in [5, 5.41) is 30.5. The second-order valence-corrected chi connectivity index (χ2v) is 11.0. The number of carbonyl (C=O) groups excluding carboxylic acids is 1. The SMILES string of the molecule is CNC(=O)[C@]1(C)CC[C@@H](Nc2ncc3c(Br)nn(-c4ccc(-c5nnc(C)s5)c(OCC#N)c4)c3n2)C1. The number of anilines is 1. The van der Waals surface area contributed by atoms with Crippen LogP contribution < -0.4 is 15.4 Å². The number of fused-ring (bicyclic) bond motifs is 1. The first-order chi connectivity index (χ1) is 17.8. The molecule has 3 heterocycles. The van der Waals surface area contributed by atoms with Crippen molar-refractivity contribution in [2.75, 3.05) is 19.0 Å². The highest BCUT2D eigenvalue weighted by Gasteiger charge is 2.41. The predicted molar refractivity (Wildman–Crippen MR) is 143 cm³/mol. The third kappa shape index (κ3) is 4.86. The Morgan fingerprint density at radius 1 is 1.41 bits per heavy atom. The number of halogens is 1. The Labute approximate surface area is 225 Å². The minimum absolute atomic E-state index is 0.0525. The summed E-state index contributed by atoms with van der Waals surface area (Å²) in [4.78, 5) is 21.5. The number of ether oxygens (including phenoxy) is 1. The van der Waals surface area contributed by atoms with Crippen LogP contribution in [0.1, 0.15) is 31.2 Å². The molecule has 1 amide bonds. The summed E-state index contributed by atoms with van der Waals surface area (Å²) in [6.07, 6.45) is 4.06. The molecule has 1 aliphatic carbocycles. The van der Waals surface area contributed by atoms with E-state index in [1.54, 1.807) is 17.9 Å². The number of nitrogens with zero attached hydrogens (tertiary/aromatic N) is 7. The van der Waals surface area contributed by atoms with E-state index >= 15 is 0 Å². The Morgan fingerprint density at radius 2 is 2.24 bits per heavy atom. The van der Waals surface area contributed by atoms with E-state index in [-0.39, 0.29) is 18.6 Å². The van der Waals surface area contributed by atoms with Crippen LogP contribution in [-0.2, 0) is 4.79 Å². The maximum Gasteiger partial charge on any atom is 0.225 e. The molecule has 37 heavy (non-hydrogen) atoms. The molecule has 0 radical (unpaired) electrons. The first-order valence-corrected chi connectivity index (χ1v) is 13.3. The van der Waals surface area contributed by atoms with E-state index in [1.165, 1.54) is 11.3 Å². The molecule has 1 aliphatic rings. The lowest BCUT2D eigenvalue weighted by atomic mass is 9.87. The van der Waals surface area contributed by atoms with Crippen molar-refractivity contribution in [1.82, 2.24) is 35.3 Å². The second-order valence-electron chi connectivity index (χ2n) is 9.11. The molecular formula is C24H24BrN9O2S. The van der Waals surface area contributed by atoms with Gasteiger partial charge in [0, 0.05) is 30.8 Å². The molecule has 1 aromatic carbocycles. The van der Waals surface area contributed by atoms with E-state index in [9.17, 15) is 4.79 Å². The van der Waals surface area contributed by atoms with Crippen molar-refractivity contribution < 1.29 is 9.53 Å². The van der Waals surface area contributed by atoms with Crippen molar-refractivity contribution in [2.24, 2.45) is 5.41 Å². The number of amides is 1. The summed E-state index contributed by atoms with van der Waals surface area (Å²) in [6, 6.07) is 7.68. The Kier molecular flexibility index (Phi) is 6.78. The van der Waals surface area contributed by atoms with Crippen molar-refractivity contribution >= 4 is 50.2 Å². The smallest absolute Gasteiger partial charge is 0.225 e. The highest BCUT2D eigenvalue weighted by Crippen LogP contribution is 2.39. The lowest BCUT2D eigenvalue weighted by Gasteiger charge is -2.22. The number of nitrogens with one attached hydrogen (secondary N) is 2. The summed E-state index contributed by atoms with van der Waals surface area (Å²) in [7, 11) is 1.67. The predicted octanol–water partition coefficient (Wildman–Crippen LogP) is 4.02. The number of hydrogen-bond acceptors (Lipinski definition) is 10. The Balaban J connectivity index is 1.48. The standard InChI is InChI=1S/C24H24BrN9O2S/c1-13-31-32-21(37-13)16-5-4-15(10-18(16)36-9-8-26)34-20-17(19(25)33-34)12-28-23(30-20)29-14-6-7-24(2,11-14)22(35)27-3/h4-5,10,12,14H,6-7,9,11H2,1-3H3,(H,27,35)(H,28,29,30)/t14-,24-/m1/s1. The summed E-state index contributed by atoms with van der Waals surface area (Å²) >= 11 is 4.96. The van der Waals surface area contributed by atoms with Crippen molar-refractivity contribution in [1.29, 1.82) is 5.26 Å². The molecule has 1 saturated carbocycles. The normalized spacial score (nSPS) is 19.1. The van der Waals surface area contributed by atoms with Crippen molar-refractivity contribution in [3.63, 3.8) is 0 Å². The second kappa shape index (κ2) is 10.0. The highest BCUT2D eigenvalue weighted by atomic mass is 79.9. The van der Waals surface area contributed by atoms with Gasteiger partial charge in [-0.1, -0.05) is 18.3 Å². The van der Waals surface area contributed by atoms with Gasteiger partial charge in [-0.2, -0.15) is 15.3 Å². The molecule has 13 heteroatoms. The summed E-state index contributed by atoms with van der Waals surface area (Å²) in [5.41, 5.74) is 1.64. The van der Waals surface area contributed by atoms with Gasteiger partial charge in [0.15, 0.2) is 17.3 Å². The van der Waals surface area contributed by atoms with Gasteiger partial charge in [-0.25, -0.2) is 9.67 Å². The van der Waals surface area contributed by atoms with Gasteiger partial charge in [0.2, 0.25) is 11.9 Å². The number of benzene rings is 1. The lowest BCUT2D eigenvalue weighted by Crippen LogP contribution is -2.35. The van der Waals surface area contributed by atoms with E-state index in [0.29, 0.717) is 39.1 Å². The Morgan fingerprint density at radius 3 is 2.97 bits per heavy atom. The highest BCUT2D eigenvalue weighted by molar-refractivity contribution is 9.10. The van der Waals surface area contributed by atoms with Crippen LogP contribution >= 0.6 is 27.3 Å². The van der Waals surface area contributed by atoms with Gasteiger partial charge >= 0.3 is 0 Å². The summed E-state index contributed by atoms with van der Waals surface area (Å²) in [6.45, 7) is 3.77. The van der Waals surface area contributed by atoms with Crippen LogP contribution in [0.15, 0.2) is 29.0 Å². The average Bonchev–Trinajstić information content (AvgIpc) is 3.59. The molecule has 0 unspecified atom stereocenters. The molecule has 0 spiro atoms. The molecule has 190 valence electrons. The minimum atomic E-state index is -0.408. The van der Waals surface area contributed by atoms with Gasteiger partial charge in [0.1, 0.15) is 21.4 Å². The molecular weight excluding hydrogens is 558 g/mol. The van der Waals surface area contributed by atoms with Crippen LogP contribution in [0.25, 0.3) is 27.3 Å². The fraction of sp³-hybridized carbons (Fsp3) is 0.375. The average molecular weight is 582 g/mol. The maximum atomic E-state index is 12.3. The number of hydrogen-bond donors (Lipinski definition) is 2. The largest absolute Gasteiger partial charge is 0.478 e. The quantitative estimate of drug-likeness (QED) is 0.330. The first-order valence-electron chi connectivity index (χ1n) is 11.7. The molecule has 0 saturated heterocycles. The zero-order valence-corrected chi connectivity index (χ0v) is 22.9. The number of nitriles is 1. The van der Waals surface area contributed by atoms with Crippen molar-refractivity contribution in [3.05, 3.63) is 34.0 Å². The van der Waals surface area contributed by atoms with Crippen molar-refractivity contribution in [2.45, 2.75) is 39.2 Å². The van der Waals surface area contributed by atoms with Gasteiger partial charge in [-0.15, -0.1) is 10.2 Å². The van der Waals surface area contributed by atoms with Crippen LogP contribution in [0.4, 0.5) is 5.95 Å². The van der Waals surface area contributed by atoms with E-state index in [2.05, 4.69) is 46.8 Å². The monoisotopic (exact) mass is 581 g/mol.